The molecule has 2 fully saturated rings. The molecular weight excluding hydrogens is 252 g/mol. The molecule has 2 unspecified atom stereocenters. The monoisotopic (exact) mass is 270 g/mol. The highest BCUT2D eigenvalue weighted by Crippen LogP contribution is 2.26. The minimum absolute atomic E-state index is 0.00862. The van der Waals surface area contributed by atoms with Gasteiger partial charge in [-0.25, -0.2) is 4.98 Å². The number of amides is 1. The number of likely N-dealkylation sites (tertiary alicyclic amines) is 1. The summed E-state index contributed by atoms with van der Waals surface area (Å²) in [6.07, 6.45) is 5.93. The summed E-state index contributed by atoms with van der Waals surface area (Å²) in [6, 6.07) is 6.05. The van der Waals surface area contributed by atoms with Crippen LogP contribution in [0.25, 0.3) is 0 Å². The summed E-state index contributed by atoms with van der Waals surface area (Å²) in [5.74, 6) is -0.00862. The summed E-state index contributed by atoms with van der Waals surface area (Å²) in [4.78, 5) is 18.6. The van der Waals surface area contributed by atoms with Gasteiger partial charge in [0.1, 0.15) is 11.8 Å². The van der Waals surface area contributed by atoms with E-state index < -0.39 is 0 Å². The lowest BCUT2D eigenvalue weighted by atomic mass is 10.0. The second kappa shape index (κ2) is 5.59. The van der Waals surface area contributed by atoms with Gasteiger partial charge in [-0.2, -0.15) is 5.26 Å². The van der Waals surface area contributed by atoms with E-state index in [1.54, 1.807) is 12.1 Å². The molecule has 3 rings (SSSR count). The first-order chi connectivity index (χ1) is 9.79. The summed E-state index contributed by atoms with van der Waals surface area (Å²) in [6.45, 7) is 1.86. The van der Waals surface area contributed by atoms with Crippen LogP contribution < -0.4 is 5.32 Å². The van der Waals surface area contributed by atoms with Gasteiger partial charge in [0.2, 0.25) is 0 Å². The number of carbonyl (C=O) groups excluding carboxylic acids is 1. The van der Waals surface area contributed by atoms with Crippen LogP contribution in [0.3, 0.4) is 0 Å². The number of carbonyl (C=O) groups is 1. The Kier molecular flexibility index (Phi) is 3.66. The fourth-order valence-corrected chi connectivity index (χ4v) is 3.24. The second-order valence-electron chi connectivity index (χ2n) is 5.45. The number of aromatic nitrogens is 1. The fourth-order valence-electron chi connectivity index (χ4n) is 3.24. The number of nitrogens with zero attached hydrogens (tertiary/aromatic N) is 3. The zero-order valence-electron chi connectivity index (χ0n) is 11.4. The Labute approximate surface area is 118 Å². The van der Waals surface area contributed by atoms with Gasteiger partial charge in [-0.1, -0.05) is 0 Å². The van der Waals surface area contributed by atoms with Gasteiger partial charge in [-0.05, 0) is 44.4 Å². The Bertz CT molecular complexity index is 528. The van der Waals surface area contributed by atoms with E-state index in [0.717, 1.165) is 32.4 Å². The Morgan fingerprint density at radius 1 is 1.40 bits per heavy atom. The third-order valence-corrected chi connectivity index (χ3v) is 4.23. The third-order valence-electron chi connectivity index (χ3n) is 4.23. The smallest absolute Gasteiger partial charge is 0.272 e. The van der Waals surface area contributed by atoms with Crippen LogP contribution in [0.2, 0.25) is 0 Å². The average Bonchev–Trinajstić information content (AvgIpc) is 3.16. The molecule has 0 spiro atoms. The summed E-state index contributed by atoms with van der Waals surface area (Å²) in [5.41, 5.74) is 0.922. The van der Waals surface area contributed by atoms with Crippen molar-refractivity contribution in [1.82, 2.24) is 15.2 Å². The minimum atomic E-state index is -0.00862. The maximum Gasteiger partial charge on any atom is 0.272 e. The largest absolute Gasteiger partial charge is 0.333 e. The molecule has 0 bridgehead atoms. The van der Waals surface area contributed by atoms with Crippen molar-refractivity contribution in [2.45, 2.75) is 37.8 Å². The van der Waals surface area contributed by atoms with E-state index in [1.165, 1.54) is 12.6 Å². The van der Waals surface area contributed by atoms with Gasteiger partial charge >= 0.3 is 0 Å². The molecule has 1 N–H and O–H groups in total. The predicted octanol–water partition coefficient (Wildman–Crippen LogP) is 1.31. The van der Waals surface area contributed by atoms with E-state index in [2.05, 4.69) is 10.3 Å². The molecule has 5 nitrogen and oxygen atoms in total. The van der Waals surface area contributed by atoms with Crippen LogP contribution >= 0.6 is 0 Å². The van der Waals surface area contributed by atoms with E-state index in [9.17, 15) is 4.79 Å². The van der Waals surface area contributed by atoms with Crippen molar-refractivity contribution in [3.05, 3.63) is 29.6 Å². The van der Waals surface area contributed by atoms with Crippen LogP contribution in [-0.2, 0) is 0 Å². The zero-order valence-corrected chi connectivity index (χ0v) is 11.4. The van der Waals surface area contributed by atoms with Crippen LogP contribution in [0.15, 0.2) is 18.3 Å². The van der Waals surface area contributed by atoms with Gasteiger partial charge in [0.05, 0.1) is 5.56 Å². The number of pyridine rings is 1. The maximum atomic E-state index is 12.6. The van der Waals surface area contributed by atoms with Crippen LogP contribution in [0.4, 0.5) is 0 Å². The molecule has 0 aromatic carbocycles. The highest BCUT2D eigenvalue weighted by Gasteiger charge is 2.36. The minimum Gasteiger partial charge on any atom is -0.333 e. The molecule has 1 amide bonds. The van der Waals surface area contributed by atoms with Crippen LogP contribution in [0, 0.1) is 11.3 Å². The van der Waals surface area contributed by atoms with Crippen molar-refractivity contribution < 1.29 is 4.79 Å². The lowest BCUT2D eigenvalue weighted by Gasteiger charge is -2.29. The van der Waals surface area contributed by atoms with Crippen molar-refractivity contribution in [1.29, 1.82) is 5.26 Å². The summed E-state index contributed by atoms with van der Waals surface area (Å²) >= 11 is 0. The van der Waals surface area contributed by atoms with E-state index >= 15 is 0 Å². The molecule has 2 atom stereocenters. The number of nitrogens with one attached hydrogen (secondary N) is 1. The molecule has 2 aliphatic rings. The summed E-state index contributed by atoms with van der Waals surface area (Å²) in [7, 11) is 0. The highest BCUT2D eigenvalue weighted by atomic mass is 16.2. The molecule has 2 aliphatic heterocycles. The molecule has 0 radical (unpaired) electrons. The van der Waals surface area contributed by atoms with Gasteiger partial charge in [-0.3, -0.25) is 4.79 Å². The van der Waals surface area contributed by atoms with Gasteiger partial charge < -0.3 is 10.2 Å². The van der Waals surface area contributed by atoms with Crippen molar-refractivity contribution >= 4 is 5.91 Å². The molecule has 104 valence electrons. The van der Waals surface area contributed by atoms with Crippen molar-refractivity contribution in [3.63, 3.8) is 0 Å². The molecule has 20 heavy (non-hydrogen) atoms. The predicted molar refractivity (Wildman–Crippen MR) is 74.0 cm³/mol. The second-order valence-corrected chi connectivity index (χ2v) is 5.45. The molecule has 5 heteroatoms. The van der Waals surface area contributed by atoms with Crippen molar-refractivity contribution in [2.24, 2.45) is 0 Å². The third kappa shape index (κ3) is 2.39. The molecule has 2 saturated heterocycles. The Morgan fingerprint density at radius 2 is 2.30 bits per heavy atom. The van der Waals surface area contributed by atoms with Crippen LogP contribution in [0.1, 0.15) is 41.7 Å². The van der Waals surface area contributed by atoms with E-state index in [4.69, 9.17) is 5.26 Å². The molecule has 3 heterocycles. The number of hydrogen-bond acceptors (Lipinski definition) is 4. The zero-order chi connectivity index (χ0) is 13.9. The van der Waals surface area contributed by atoms with Gasteiger partial charge in [0.15, 0.2) is 0 Å². The highest BCUT2D eigenvalue weighted by molar-refractivity contribution is 5.92. The quantitative estimate of drug-likeness (QED) is 0.879. The number of nitriles is 1. The molecule has 1 aromatic heterocycles. The normalized spacial score (nSPS) is 25.6. The van der Waals surface area contributed by atoms with Crippen LogP contribution in [-0.4, -0.2) is 41.0 Å². The van der Waals surface area contributed by atoms with Gasteiger partial charge in [-0.15, -0.1) is 0 Å². The first-order valence-corrected chi connectivity index (χ1v) is 7.20. The summed E-state index contributed by atoms with van der Waals surface area (Å²) < 4.78 is 0. The van der Waals surface area contributed by atoms with E-state index in [-0.39, 0.29) is 5.91 Å². The molecular formula is C15H18N4O. The fraction of sp³-hybridized carbons (Fsp3) is 0.533. The standard InChI is InChI=1S/C15H18N4O/c16-9-11-5-6-13(18-10-11)15(20)19-8-2-4-14(19)12-3-1-7-17-12/h5-6,10,12,14,17H,1-4,7-8H2. The lowest BCUT2D eigenvalue weighted by Crippen LogP contribution is -2.46. The Morgan fingerprint density at radius 3 is 2.95 bits per heavy atom. The van der Waals surface area contributed by atoms with Gasteiger partial charge in [0.25, 0.3) is 5.91 Å². The maximum absolute atomic E-state index is 12.6. The summed E-state index contributed by atoms with van der Waals surface area (Å²) in [5, 5.41) is 12.3. The first-order valence-electron chi connectivity index (χ1n) is 7.20. The topological polar surface area (TPSA) is 69.0 Å². The SMILES string of the molecule is N#Cc1ccc(C(=O)N2CCCC2C2CCCN2)nc1. The van der Waals surface area contributed by atoms with E-state index in [0.29, 0.717) is 23.3 Å². The lowest BCUT2D eigenvalue weighted by molar-refractivity contribution is 0.0705. The Hall–Kier alpha value is -1.93. The number of hydrogen-bond donors (Lipinski definition) is 1. The first kappa shape index (κ1) is 13.1. The molecule has 0 saturated carbocycles. The number of rotatable bonds is 2. The Balaban J connectivity index is 1.76. The van der Waals surface area contributed by atoms with E-state index in [1.807, 2.05) is 11.0 Å². The molecule has 0 aliphatic carbocycles. The van der Waals surface area contributed by atoms with Crippen molar-refractivity contribution in [2.75, 3.05) is 13.1 Å². The van der Waals surface area contributed by atoms with Crippen molar-refractivity contribution in [3.8, 4) is 6.07 Å². The van der Waals surface area contributed by atoms with Crippen LogP contribution in [0.5, 0.6) is 0 Å². The molecule has 1 aromatic rings. The van der Waals surface area contributed by atoms with Gasteiger partial charge in [0, 0.05) is 24.8 Å². The average molecular weight is 270 g/mol.